The van der Waals surface area contributed by atoms with Crippen LogP contribution in [0.2, 0.25) is 0 Å². The average Bonchev–Trinajstić information content (AvgIpc) is 3.06. The van der Waals surface area contributed by atoms with Crippen molar-refractivity contribution in [3.05, 3.63) is 35.2 Å². The van der Waals surface area contributed by atoms with Crippen LogP contribution in [0.15, 0.2) is 16.7 Å². The number of nitrogens with zero attached hydrogens (tertiary/aromatic N) is 1. The van der Waals surface area contributed by atoms with Crippen molar-refractivity contribution in [1.82, 2.24) is 5.16 Å². The van der Waals surface area contributed by atoms with E-state index in [1.54, 1.807) is 13.8 Å². The van der Waals surface area contributed by atoms with Crippen LogP contribution in [0, 0.1) is 25.5 Å². The lowest BCUT2D eigenvalue weighted by Crippen LogP contribution is -2.55. The Morgan fingerprint density at radius 2 is 1.62 bits per heavy atom. The minimum absolute atomic E-state index is 0.0770. The molecule has 0 radical (unpaired) electrons. The molecule has 1 aromatic carbocycles. The number of halogens is 2. The third kappa shape index (κ3) is 5.66. The van der Waals surface area contributed by atoms with Crippen LogP contribution < -0.4 is 4.74 Å². The van der Waals surface area contributed by atoms with E-state index in [4.69, 9.17) is 23.5 Å². The molecule has 0 unspecified atom stereocenters. The Bertz CT molecular complexity index is 1090. The van der Waals surface area contributed by atoms with Gasteiger partial charge in [-0.15, -0.1) is 11.8 Å². The fraction of sp³-hybridized carbons (Fsp3) is 0.455. The highest BCUT2D eigenvalue weighted by atomic mass is 32.2. The van der Waals surface area contributed by atoms with E-state index >= 15 is 0 Å². The molecule has 0 N–H and O–H groups in total. The van der Waals surface area contributed by atoms with E-state index in [1.807, 2.05) is 0 Å². The van der Waals surface area contributed by atoms with E-state index in [1.165, 1.54) is 13.0 Å². The van der Waals surface area contributed by atoms with Gasteiger partial charge in [-0.3, -0.25) is 14.4 Å². The molecule has 4 atom stereocenters. The Hall–Kier alpha value is -3.15. The fourth-order valence-electron chi connectivity index (χ4n) is 3.62. The van der Waals surface area contributed by atoms with E-state index in [0.717, 1.165) is 31.7 Å². The highest BCUT2D eigenvalue weighted by Crippen LogP contribution is 2.38. The number of thioether (sulfide) groups is 1. The number of carbonyl (C=O) groups excluding carboxylic acids is 3. The monoisotopic (exact) mass is 499 g/mol. The van der Waals surface area contributed by atoms with Crippen molar-refractivity contribution in [2.45, 2.75) is 58.4 Å². The molecular formula is C22H23F2NO8S. The van der Waals surface area contributed by atoms with Crippen molar-refractivity contribution in [3.63, 3.8) is 0 Å². The molecule has 0 spiro atoms. The Morgan fingerprint density at radius 3 is 2.18 bits per heavy atom. The van der Waals surface area contributed by atoms with Gasteiger partial charge >= 0.3 is 17.9 Å². The second kappa shape index (κ2) is 10.4. The Labute approximate surface area is 198 Å². The number of ether oxygens (including phenoxy) is 4. The van der Waals surface area contributed by atoms with Crippen molar-refractivity contribution in [2.24, 2.45) is 0 Å². The molecule has 2 heterocycles. The van der Waals surface area contributed by atoms with Crippen LogP contribution in [0.3, 0.4) is 0 Å². The maximum atomic E-state index is 14.7. The van der Waals surface area contributed by atoms with E-state index in [0.29, 0.717) is 17.0 Å². The van der Waals surface area contributed by atoms with Crippen LogP contribution in [0.4, 0.5) is 8.78 Å². The molecule has 1 fully saturated rings. The molecule has 1 aliphatic rings. The molecule has 0 amide bonds. The maximum absolute atomic E-state index is 14.7. The standard InChI is InChI=1S/C22H23F2NO8S/c1-9-18(10(2)33-25-9)14-6-15(23)19(24)16(7-14)32-22-21(31-13(5)28)20(30-12(4)27)17(8-34-22)29-11(3)26/h6-7,17,20-22H,8H2,1-5H3/t17-,20+,21-,22-/m1/s1. The second-order valence-electron chi connectivity index (χ2n) is 7.58. The van der Waals surface area contributed by atoms with Gasteiger partial charge in [-0.05, 0) is 31.5 Å². The fourth-order valence-corrected chi connectivity index (χ4v) is 4.83. The summed E-state index contributed by atoms with van der Waals surface area (Å²) < 4.78 is 55.9. The Balaban J connectivity index is 1.99. The highest BCUT2D eigenvalue weighted by molar-refractivity contribution is 7.99. The van der Waals surface area contributed by atoms with Crippen LogP contribution in [0.25, 0.3) is 11.1 Å². The zero-order valence-electron chi connectivity index (χ0n) is 19.0. The first-order chi connectivity index (χ1) is 16.0. The summed E-state index contributed by atoms with van der Waals surface area (Å²) in [6.07, 6.45) is -3.46. The lowest BCUT2D eigenvalue weighted by atomic mass is 10.0. The first kappa shape index (κ1) is 25.5. The van der Waals surface area contributed by atoms with Crippen LogP contribution in [0.5, 0.6) is 5.75 Å². The number of rotatable bonds is 6. The van der Waals surface area contributed by atoms with Gasteiger partial charge in [0.25, 0.3) is 0 Å². The third-order valence-electron chi connectivity index (χ3n) is 4.86. The minimum atomic E-state index is -1.28. The summed E-state index contributed by atoms with van der Waals surface area (Å²) in [4.78, 5) is 35.0. The van der Waals surface area contributed by atoms with Crippen molar-refractivity contribution in [3.8, 4) is 16.9 Å². The van der Waals surface area contributed by atoms with Crippen LogP contribution in [-0.2, 0) is 28.6 Å². The zero-order valence-corrected chi connectivity index (χ0v) is 19.9. The molecule has 9 nitrogen and oxygen atoms in total. The van der Waals surface area contributed by atoms with Crippen LogP contribution in [0.1, 0.15) is 32.2 Å². The molecule has 1 aliphatic heterocycles. The van der Waals surface area contributed by atoms with E-state index in [2.05, 4.69) is 5.16 Å². The van der Waals surface area contributed by atoms with Crippen molar-refractivity contribution in [1.29, 1.82) is 0 Å². The molecular weight excluding hydrogens is 476 g/mol. The van der Waals surface area contributed by atoms with Gasteiger partial charge in [-0.2, -0.15) is 4.39 Å². The summed E-state index contributed by atoms with van der Waals surface area (Å²) in [7, 11) is 0. The van der Waals surface area contributed by atoms with Gasteiger partial charge in [-0.25, -0.2) is 4.39 Å². The predicted molar refractivity (Wildman–Crippen MR) is 115 cm³/mol. The first-order valence-corrected chi connectivity index (χ1v) is 11.2. The highest BCUT2D eigenvalue weighted by Gasteiger charge is 2.48. The SMILES string of the molecule is CC(=O)O[C@@H]1[C@@H](OC(C)=O)[C@H](OC(C)=O)CS[C@H]1Oc1cc(-c2c(C)noc2C)cc(F)c1F. The number of aromatic nitrogens is 1. The molecule has 3 rings (SSSR count). The zero-order chi connectivity index (χ0) is 25.2. The maximum Gasteiger partial charge on any atom is 0.303 e. The smallest absolute Gasteiger partial charge is 0.303 e. The molecule has 2 aromatic rings. The lowest BCUT2D eigenvalue weighted by Gasteiger charge is -2.39. The molecule has 34 heavy (non-hydrogen) atoms. The predicted octanol–water partition coefficient (Wildman–Crippen LogP) is 3.48. The van der Waals surface area contributed by atoms with Gasteiger partial charge in [0, 0.05) is 32.1 Å². The number of aryl methyl sites for hydroxylation is 2. The minimum Gasteiger partial charge on any atom is -0.472 e. The molecule has 12 heteroatoms. The molecule has 184 valence electrons. The van der Waals surface area contributed by atoms with E-state index in [9.17, 15) is 23.2 Å². The van der Waals surface area contributed by atoms with Crippen molar-refractivity contribution >= 4 is 29.7 Å². The van der Waals surface area contributed by atoms with E-state index in [-0.39, 0.29) is 11.3 Å². The van der Waals surface area contributed by atoms with Crippen LogP contribution >= 0.6 is 11.8 Å². The number of hydrogen-bond acceptors (Lipinski definition) is 10. The van der Waals surface area contributed by atoms with Crippen molar-refractivity contribution in [2.75, 3.05) is 5.75 Å². The Morgan fingerprint density at radius 1 is 1.00 bits per heavy atom. The van der Waals surface area contributed by atoms with Gasteiger partial charge in [0.05, 0.1) is 5.69 Å². The van der Waals surface area contributed by atoms with Gasteiger partial charge in [0.1, 0.15) is 5.76 Å². The van der Waals surface area contributed by atoms with Gasteiger partial charge in [0.2, 0.25) is 5.82 Å². The number of esters is 3. The van der Waals surface area contributed by atoms with Gasteiger partial charge in [-0.1, -0.05) is 5.16 Å². The topological polar surface area (TPSA) is 114 Å². The molecule has 1 aromatic heterocycles. The summed E-state index contributed by atoms with van der Waals surface area (Å²) in [5.74, 6) is -4.51. The van der Waals surface area contributed by atoms with Gasteiger partial charge in [0.15, 0.2) is 35.3 Å². The lowest BCUT2D eigenvalue weighted by molar-refractivity contribution is -0.186. The average molecular weight is 499 g/mol. The quantitative estimate of drug-likeness (QED) is 0.432. The number of hydrogen-bond donors (Lipinski definition) is 0. The number of benzene rings is 1. The summed E-state index contributed by atoms with van der Waals surface area (Å²) in [5.41, 5.74) is 0.0981. The van der Waals surface area contributed by atoms with Gasteiger partial charge < -0.3 is 23.5 Å². The molecule has 0 saturated carbocycles. The second-order valence-corrected chi connectivity index (χ2v) is 8.72. The molecule has 0 aliphatic carbocycles. The summed E-state index contributed by atoms with van der Waals surface area (Å²) in [6.45, 7) is 6.72. The Kier molecular flexibility index (Phi) is 7.80. The van der Waals surface area contributed by atoms with Crippen molar-refractivity contribution < 1.29 is 46.6 Å². The normalized spacial score (nSPS) is 22.1. The molecule has 1 saturated heterocycles. The largest absolute Gasteiger partial charge is 0.472 e. The number of carbonyl (C=O) groups is 3. The summed E-state index contributed by atoms with van der Waals surface area (Å²) >= 11 is 1.03. The first-order valence-electron chi connectivity index (χ1n) is 10.2. The van der Waals surface area contributed by atoms with Crippen LogP contribution in [-0.4, -0.2) is 52.6 Å². The summed E-state index contributed by atoms with van der Waals surface area (Å²) in [5, 5.41) is 3.82. The third-order valence-corrected chi connectivity index (χ3v) is 6.08. The van der Waals surface area contributed by atoms with E-state index < -0.39 is 59.0 Å². The molecule has 0 bridgehead atoms. The summed E-state index contributed by atoms with van der Waals surface area (Å²) in [6, 6.07) is 2.26.